The molecule has 0 amide bonds. The summed E-state index contributed by atoms with van der Waals surface area (Å²) < 4.78 is 4.05. The molecular formula is C18H20N4+2. The Morgan fingerprint density at radius 3 is 1.36 bits per heavy atom. The summed E-state index contributed by atoms with van der Waals surface area (Å²) in [5.74, 6) is 1.53. The Morgan fingerprint density at radius 2 is 1.00 bits per heavy atom. The minimum absolute atomic E-state index is 0.763. The van der Waals surface area contributed by atoms with Gasteiger partial charge in [-0.25, -0.2) is 9.13 Å². The van der Waals surface area contributed by atoms with E-state index in [1.165, 1.54) is 11.1 Å². The number of aromatic nitrogens is 2. The molecule has 3 aromatic rings. The quantitative estimate of drug-likeness (QED) is 0.716. The highest BCUT2D eigenvalue weighted by Gasteiger charge is 2.06. The van der Waals surface area contributed by atoms with Gasteiger partial charge in [-0.05, 0) is 23.3 Å². The fourth-order valence-corrected chi connectivity index (χ4v) is 2.41. The Hall–Kier alpha value is -2.88. The number of hydrogen-bond acceptors (Lipinski definition) is 2. The lowest BCUT2D eigenvalue weighted by atomic mass is 10.1. The van der Waals surface area contributed by atoms with E-state index in [9.17, 15) is 0 Å². The molecule has 2 heterocycles. The zero-order valence-electron chi connectivity index (χ0n) is 12.4. The second-order valence-electron chi connectivity index (χ2n) is 5.32. The average molecular weight is 292 g/mol. The molecule has 0 radical (unpaired) electrons. The lowest BCUT2D eigenvalue weighted by Crippen LogP contribution is -2.37. The SMILES string of the molecule is Nc1cccc[n+]1Cc1ccc(C[n+]2ccccc2N)cc1. The largest absolute Gasteiger partial charge is 0.287 e. The predicted molar refractivity (Wildman–Crippen MR) is 86.7 cm³/mol. The highest BCUT2D eigenvalue weighted by molar-refractivity contribution is 5.24. The van der Waals surface area contributed by atoms with Crippen molar-refractivity contribution in [3.05, 3.63) is 84.2 Å². The van der Waals surface area contributed by atoms with Crippen molar-refractivity contribution in [3.63, 3.8) is 0 Å². The minimum atomic E-state index is 0.763. The van der Waals surface area contributed by atoms with Crippen LogP contribution >= 0.6 is 0 Å². The molecule has 1 aromatic carbocycles. The molecule has 0 unspecified atom stereocenters. The smallest absolute Gasteiger partial charge is 0.272 e. The third-order valence-electron chi connectivity index (χ3n) is 3.68. The lowest BCUT2D eigenvalue weighted by molar-refractivity contribution is -0.674. The van der Waals surface area contributed by atoms with E-state index in [0.29, 0.717) is 0 Å². The summed E-state index contributed by atoms with van der Waals surface area (Å²) in [5.41, 5.74) is 14.4. The van der Waals surface area contributed by atoms with Crippen molar-refractivity contribution in [1.29, 1.82) is 0 Å². The van der Waals surface area contributed by atoms with Gasteiger partial charge in [0.1, 0.15) is 13.1 Å². The van der Waals surface area contributed by atoms with Crippen LogP contribution in [0.15, 0.2) is 73.1 Å². The van der Waals surface area contributed by atoms with Gasteiger partial charge in [0.05, 0.1) is 12.4 Å². The van der Waals surface area contributed by atoms with Gasteiger partial charge in [-0.2, -0.15) is 0 Å². The Morgan fingerprint density at radius 1 is 0.591 bits per heavy atom. The first-order valence-electron chi connectivity index (χ1n) is 7.28. The van der Waals surface area contributed by atoms with Crippen LogP contribution in [0.4, 0.5) is 11.6 Å². The van der Waals surface area contributed by atoms with E-state index in [2.05, 4.69) is 24.3 Å². The molecule has 4 N–H and O–H groups in total. The molecule has 0 fully saturated rings. The highest BCUT2D eigenvalue weighted by atomic mass is 15.0. The molecule has 110 valence electrons. The van der Waals surface area contributed by atoms with E-state index in [4.69, 9.17) is 11.5 Å². The van der Waals surface area contributed by atoms with Gasteiger partial charge in [0.2, 0.25) is 0 Å². The zero-order valence-corrected chi connectivity index (χ0v) is 12.4. The van der Waals surface area contributed by atoms with Gasteiger partial charge in [0.25, 0.3) is 11.6 Å². The second kappa shape index (κ2) is 6.26. The number of pyridine rings is 2. The summed E-state index contributed by atoms with van der Waals surface area (Å²) >= 11 is 0. The van der Waals surface area contributed by atoms with Crippen LogP contribution in [0.2, 0.25) is 0 Å². The first kappa shape index (κ1) is 14.1. The van der Waals surface area contributed by atoms with Crippen molar-refractivity contribution in [1.82, 2.24) is 0 Å². The maximum atomic E-state index is 5.96. The lowest BCUT2D eigenvalue weighted by Gasteiger charge is -2.06. The summed E-state index contributed by atoms with van der Waals surface area (Å²) in [6.45, 7) is 1.54. The van der Waals surface area contributed by atoms with Gasteiger partial charge < -0.3 is 0 Å². The number of anilines is 2. The fourth-order valence-electron chi connectivity index (χ4n) is 2.41. The van der Waals surface area contributed by atoms with Crippen molar-refractivity contribution < 1.29 is 9.13 Å². The molecule has 2 aromatic heterocycles. The van der Waals surface area contributed by atoms with Crippen LogP contribution in [-0.4, -0.2) is 0 Å². The van der Waals surface area contributed by atoms with Gasteiger partial charge in [0, 0.05) is 12.1 Å². The van der Waals surface area contributed by atoms with Crippen molar-refractivity contribution in [3.8, 4) is 0 Å². The predicted octanol–water partition coefficient (Wildman–Crippen LogP) is 1.52. The summed E-state index contributed by atoms with van der Waals surface area (Å²) in [4.78, 5) is 0. The van der Waals surface area contributed by atoms with Gasteiger partial charge in [-0.15, -0.1) is 0 Å². The average Bonchev–Trinajstić information content (AvgIpc) is 2.54. The van der Waals surface area contributed by atoms with E-state index in [1.54, 1.807) is 0 Å². The summed E-state index contributed by atoms with van der Waals surface area (Å²) in [6.07, 6.45) is 3.98. The highest BCUT2D eigenvalue weighted by Crippen LogP contribution is 2.06. The van der Waals surface area contributed by atoms with Crippen molar-refractivity contribution in [2.45, 2.75) is 13.1 Å². The van der Waals surface area contributed by atoms with Crippen LogP contribution < -0.4 is 20.6 Å². The topological polar surface area (TPSA) is 59.8 Å². The van der Waals surface area contributed by atoms with Crippen LogP contribution in [0.25, 0.3) is 0 Å². The molecule has 22 heavy (non-hydrogen) atoms. The van der Waals surface area contributed by atoms with Gasteiger partial charge in [-0.3, -0.25) is 11.5 Å². The van der Waals surface area contributed by atoms with Crippen LogP contribution in [0.3, 0.4) is 0 Å². The number of benzene rings is 1. The van der Waals surface area contributed by atoms with Gasteiger partial charge >= 0.3 is 0 Å². The normalized spacial score (nSPS) is 10.5. The van der Waals surface area contributed by atoms with Crippen molar-refractivity contribution >= 4 is 11.6 Å². The monoisotopic (exact) mass is 292 g/mol. The minimum Gasteiger partial charge on any atom is -0.287 e. The number of rotatable bonds is 4. The zero-order chi connectivity index (χ0) is 15.4. The molecule has 0 bridgehead atoms. The van der Waals surface area contributed by atoms with Crippen LogP contribution in [-0.2, 0) is 13.1 Å². The van der Waals surface area contributed by atoms with Crippen LogP contribution in [0.1, 0.15) is 11.1 Å². The van der Waals surface area contributed by atoms with Crippen LogP contribution in [0, 0.1) is 0 Å². The second-order valence-corrected chi connectivity index (χ2v) is 5.32. The maximum Gasteiger partial charge on any atom is 0.272 e. The molecule has 0 aliphatic carbocycles. The molecule has 4 nitrogen and oxygen atoms in total. The maximum absolute atomic E-state index is 5.96. The molecule has 3 rings (SSSR count). The molecule has 4 heteroatoms. The van der Waals surface area contributed by atoms with E-state index in [0.717, 1.165) is 24.7 Å². The van der Waals surface area contributed by atoms with E-state index >= 15 is 0 Å². The van der Waals surface area contributed by atoms with Gasteiger partial charge in [0.15, 0.2) is 0 Å². The first-order valence-corrected chi connectivity index (χ1v) is 7.28. The number of hydrogen-bond donors (Lipinski definition) is 2. The molecule has 0 atom stereocenters. The third-order valence-corrected chi connectivity index (χ3v) is 3.68. The first-order chi connectivity index (χ1) is 10.7. The Labute approximate surface area is 130 Å². The van der Waals surface area contributed by atoms with Crippen molar-refractivity contribution in [2.75, 3.05) is 11.5 Å². The van der Waals surface area contributed by atoms with Gasteiger partial charge in [-0.1, -0.05) is 36.4 Å². The third kappa shape index (κ3) is 3.23. The molecule has 0 saturated heterocycles. The standard InChI is InChI=1S/C18H18N4/c19-17-5-1-3-11-21(17)13-15-7-9-16(10-8-15)14-22-12-4-2-6-18(22)20/h1-12,19-20H,13-14H2/p+2. The summed E-state index contributed by atoms with van der Waals surface area (Å²) in [5, 5.41) is 0. The van der Waals surface area contributed by atoms with E-state index in [-0.39, 0.29) is 0 Å². The Bertz CT molecular complexity index is 700. The summed E-state index contributed by atoms with van der Waals surface area (Å²) in [7, 11) is 0. The molecule has 0 aliphatic heterocycles. The van der Waals surface area contributed by atoms with E-state index in [1.807, 2.05) is 57.9 Å². The number of nitrogens with two attached hydrogens (primary N) is 2. The molecule has 0 spiro atoms. The number of nitrogens with zero attached hydrogens (tertiary/aromatic N) is 2. The Balaban J connectivity index is 1.73. The van der Waals surface area contributed by atoms with Crippen LogP contribution in [0.5, 0.6) is 0 Å². The molecule has 0 aliphatic rings. The van der Waals surface area contributed by atoms with Crippen molar-refractivity contribution in [2.24, 2.45) is 0 Å². The summed E-state index contributed by atoms with van der Waals surface area (Å²) in [6, 6.07) is 20.2. The molecule has 0 saturated carbocycles. The number of nitrogen functional groups attached to an aromatic ring is 2. The molecular weight excluding hydrogens is 272 g/mol. The van der Waals surface area contributed by atoms with E-state index < -0.39 is 0 Å². The fraction of sp³-hybridized carbons (Fsp3) is 0.111. The Kier molecular flexibility index (Phi) is 4.01.